The lowest BCUT2D eigenvalue weighted by atomic mass is 9.69. The number of nitrogens with zero attached hydrogens (tertiary/aromatic N) is 1. The van der Waals surface area contributed by atoms with Crippen molar-refractivity contribution in [3.05, 3.63) is 71.3 Å². The smallest absolute Gasteiger partial charge is 0.346 e. The van der Waals surface area contributed by atoms with Crippen LogP contribution in [0, 0.1) is 6.92 Å². The van der Waals surface area contributed by atoms with Crippen LogP contribution in [0.15, 0.2) is 54.6 Å². The Morgan fingerprint density at radius 2 is 1.63 bits per heavy atom. The fraction of sp³-hybridized carbons (Fsp3) is 0.458. The molecule has 30 heavy (non-hydrogen) atoms. The molecule has 1 amide bonds. The van der Waals surface area contributed by atoms with E-state index in [-0.39, 0.29) is 0 Å². The fourth-order valence-corrected chi connectivity index (χ4v) is 3.84. The Hall–Kier alpha value is -2.34. The van der Waals surface area contributed by atoms with Crippen LogP contribution in [0.25, 0.3) is 0 Å². The SMILES string of the molecule is CCN(C)CCCCC(C(=O)NCC(F)(F)F)(c1ccccc1)c1ccccc1C. The van der Waals surface area contributed by atoms with Crippen LogP contribution in [0.1, 0.15) is 42.9 Å². The molecular formula is C24H31F3N2O. The number of unbranched alkanes of at least 4 members (excludes halogenated alkanes) is 1. The molecule has 3 nitrogen and oxygen atoms in total. The number of aryl methyl sites for hydroxylation is 1. The Bertz CT molecular complexity index is 808. The molecule has 164 valence electrons. The average molecular weight is 421 g/mol. The molecule has 0 saturated heterocycles. The largest absolute Gasteiger partial charge is 0.405 e. The second-order valence-corrected chi connectivity index (χ2v) is 7.74. The van der Waals surface area contributed by atoms with Crippen LogP contribution < -0.4 is 5.32 Å². The van der Waals surface area contributed by atoms with E-state index in [2.05, 4.69) is 17.1 Å². The number of hydrogen-bond donors (Lipinski definition) is 1. The first-order valence-corrected chi connectivity index (χ1v) is 10.4. The van der Waals surface area contributed by atoms with E-state index in [0.717, 1.165) is 30.6 Å². The molecule has 0 fully saturated rings. The molecule has 1 N–H and O–H groups in total. The van der Waals surface area contributed by atoms with Crippen molar-refractivity contribution in [1.29, 1.82) is 0 Å². The molecule has 0 saturated carbocycles. The average Bonchev–Trinajstić information content (AvgIpc) is 2.73. The molecule has 0 aliphatic carbocycles. The first-order valence-electron chi connectivity index (χ1n) is 10.4. The van der Waals surface area contributed by atoms with Gasteiger partial charge in [-0.1, -0.05) is 67.9 Å². The number of carbonyl (C=O) groups is 1. The predicted molar refractivity (Wildman–Crippen MR) is 114 cm³/mol. The Morgan fingerprint density at radius 1 is 1.00 bits per heavy atom. The van der Waals surface area contributed by atoms with Gasteiger partial charge in [0.15, 0.2) is 0 Å². The van der Waals surface area contributed by atoms with Crippen LogP contribution >= 0.6 is 0 Å². The first kappa shape index (κ1) is 23.9. The lowest BCUT2D eigenvalue weighted by molar-refractivity contribution is -0.141. The van der Waals surface area contributed by atoms with Crippen molar-refractivity contribution in [2.45, 2.75) is 44.7 Å². The molecule has 0 bridgehead atoms. The van der Waals surface area contributed by atoms with Gasteiger partial charge < -0.3 is 10.2 Å². The summed E-state index contributed by atoms with van der Waals surface area (Å²) in [7, 11) is 2.03. The zero-order valence-corrected chi connectivity index (χ0v) is 17.9. The molecule has 0 spiro atoms. The van der Waals surface area contributed by atoms with Crippen molar-refractivity contribution in [1.82, 2.24) is 10.2 Å². The number of rotatable bonds is 10. The summed E-state index contributed by atoms with van der Waals surface area (Å²) in [6, 6.07) is 16.6. The molecule has 1 atom stereocenters. The summed E-state index contributed by atoms with van der Waals surface area (Å²) in [6.45, 7) is 4.43. The van der Waals surface area contributed by atoms with Crippen molar-refractivity contribution in [3.63, 3.8) is 0 Å². The fourth-order valence-electron chi connectivity index (χ4n) is 3.84. The van der Waals surface area contributed by atoms with Gasteiger partial charge in [-0.3, -0.25) is 4.79 Å². The number of hydrogen-bond acceptors (Lipinski definition) is 2. The van der Waals surface area contributed by atoms with E-state index in [4.69, 9.17) is 0 Å². The Kier molecular flexibility index (Phi) is 8.47. The molecule has 2 aromatic carbocycles. The Balaban J connectivity index is 2.48. The number of alkyl halides is 3. The second kappa shape index (κ2) is 10.6. The van der Waals surface area contributed by atoms with Crippen LogP contribution in [0.4, 0.5) is 13.2 Å². The highest BCUT2D eigenvalue weighted by Gasteiger charge is 2.43. The van der Waals surface area contributed by atoms with Gasteiger partial charge in [-0.05, 0) is 56.6 Å². The first-order chi connectivity index (χ1) is 14.2. The van der Waals surface area contributed by atoms with Crippen LogP contribution in [0.3, 0.4) is 0 Å². The monoisotopic (exact) mass is 420 g/mol. The summed E-state index contributed by atoms with van der Waals surface area (Å²) in [5, 5.41) is 2.17. The minimum Gasteiger partial charge on any atom is -0.346 e. The quantitative estimate of drug-likeness (QED) is 0.544. The van der Waals surface area contributed by atoms with Gasteiger partial charge in [-0.15, -0.1) is 0 Å². The van der Waals surface area contributed by atoms with E-state index in [1.807, 2.05) is 68.6 Å². The lowest BCUT2D eigenvalue weighted by Gasteiger charge is -2.35. The van der Waals surface area contributed by atoms with Crippen molar-refractivity contribution in [3.8, 4) is 0 Å². The van der Waals surface area contributed by atoms with E-state index < -0.39 is 24.0 Å². The standard InChI is InChI=1S/C24H31F3N2O/c1-4-29(3)17-11-10-16-23(20-13-6-5-7-14-20,21-15-9-8-12-19(21)2)22(30)28-18-24(25,26)27/h5-9,12-15H,4,10-11,16-18H2,1-3H3,(H,28,30). The molecule has 0 aliphatic heterocycles. The molecule has 0 aromatic heterocycles. The minimum absolute atomic E-state index is 0.434. The topological polar surface area (TPSA) is 32.3 Å². The van der Waals surface area contributed by atoms with Crippen molar-refractivity contribution < 1.29 is 18.0 Å². The highest BCUT2D eigenvalue weighted by atomic mass is 19.4. The van der Waals surface area contributed by atoms with Crippen LogP contribution in [0.5, 0.6) is 0 Å². The third-order valence-electron chi connectivity index (χ3n) is 5.59. The Labute approximate surface area is 177 Å². The van der Waals surface area contributed by atoms with Crippen molar-refractivity contribution in [2.24, 2.45) is 0 Å². The number of carbonyl (C=O) groups excluding carboxylic acids is 1. The number of halogens is 3. The highest BCUT2D eigenvalue weighted by molar-refractivity contribution is 5.92. The molecule has 0 radical (unpaired) electrons. The van der Waals surface area contributed by atoms with Gasteiger partial charge >= 0.3 is 6.18 Å². The predicted octanol–water partition coefficient (Wildman–Crippen LogP) is 5.08. The maximum atomic E-state index is 13.4. The normalized spacial score (nSPS) is 13.8. The second-order valence-electron chi connectivity index (χ2n) is 7.74. The van der Waals surface area contributed by atoms with Crippen LogP contribution in [0.2, 0.25) is 0 Å². The number of benzene rings is 2. The van der Waals surface area contributed by atoms with Gasteiger partial charge in [0.05, 0.1) is 5.41 Å². The minimum atomic E-state index is -4.46. The lowest BCUT2D eigenvalue weighted by Crippen LogP contribution is -2.48. The van der Waals surface area contributed by atoms with Crippen LogP contribution in [-0.4, -0.2) is 43.7 Å². The van der Waals surface area contributed by atoms with Gasteiger partial charge in [0.25, 0.3) is 0 Å². The molecule has 2 aromatic rings. The maximum Gasteiger partial charge on any atom is 0.405 e. The summed E-state index contributed by atoms with van der Waals surface area (Å²) in [5.74, 6) is -0.607. The van der Waals surface area contributed by atoms with Gasteiger partial charge in [0.2, 0.25) is 5.91 Å². The maximum absolute atomic E-state index is 13.4. The summed E-state index contributed by atoms with van der Waals surface area (Å²) in [4.78, 5) is 15.6. The van der Waals surface area contributed by atoms with Gasteiger partial charge in [0.1, 0.15) is 6.54 Å². The number of nitrogens with one attached hydrogen (secondary N) is 1. The summed E-state index contributed by atoms with van der Waals surface area (Å²) in [5.41, 5.74) is 1.17. The third kappa shape index (κ3) is 6.08. The molecule has 2 rings (SSSR count). The molecule has 1 unspecified atom stereocenters. The molecular weight excluding hydrogens is 389 g/mol. The summed E-state index contributed by atoms with van der Waals surface area (Å²) in [6.07, 6.45) is -2.46. The summed E-state index contributed by atoms with van der Waals surface area (Å²) < 4.78 is 38.7. The molecule has 0 aliphatic rings. The van der Waals surface area contributed by atoms with E-state index in [1.165, 1.54) is 0 Å². The van der Waals surface area contributed by atoms with Gasteiger partial charge in [-0.25, -0.2) is 0 Å². The number of amides is 1. The van der Waals surface area contributed by atoms with Gasteiger partial charge in [-0.2, -0.15) is 13.2 Å². The van der Waals surface area contributed by atoms with Crippen molar-refractivity contribution in [2.75, 3.05) is 26.7 Å². The van der Waals surface area contributed by atoms with E-state index in [1.54, 1.807) is 0 Å². The van der Waals surface area contributed by atoms with Crippen molar-refractivity contribution >= 4 is 5.91 Å². The third-order valence-corrected chi connectivity index (χ3v) is 5.59. The van der Waals surface area contributed by atoms with Crippen LogP contribution in [-0.2, 0) is 10.2 Å². The van der Waals surface area contributed by atoms with Gasteiger partial charge in [0, 0.05) is 0 Å². The van der Waals surface area contributed by atoms with E-state index in [9.17, 15) is 18.0 Å². The molecule has 0 heterocycles. The highest BCUT2D eigenvalue weighted by Crippen LogP contribution is 2.39. The zero-order valence-electron chi connectivity index (χ0n) is 17.9. The van der Waals surface area contributed by atoms with E-state index >= 15 is 0 Å². The molecule has 6 heteroatoms. The zero-order chi connectivity index (χ0) is 22.2. The summed E-state index contributed by atoms with van der Waals surface area (Å²) >= 11 is 0. The van der Waals surface area contributed by atoms with E-state index in [0.29, 0.717) is 18.4 Å². The Morgan fingerprint density at radius 3 is 2.23 bits per heavy atom.